The van der Waals surface area contributed by atoms with Gasteiger partial charge in [-0.2, -0.15) is 0 Å². The number of aromatic nitrogens is 2. The number of pyridine rings is 1. The molecule has 148 valence electrons. The van der Waals surface area contributed by atoms with Crippen molar-refractivity contribution in [1.82, 2.24) is 15.0 Å². The molecule has 0 N–H and O–H groups in total. The summed E-state index contributed by atoms with van der Waals surface area (Å²) in [6, 6.07) is 10.9. The molecule has 0 aliphatic carbocycles. The van der Waals surface area contributed by atoms with Gasteiger partial charge in [0.1, 0.15) is 23.9 Å². The van der Waals surface area contributed by atoms with Gasteiger partial charge in [0.25, 0.3) is 11.6 Å². The van der Waals surface area contributed by atoms with Crippen molar-refractivity contribution in [3.8, 4) is 17.2 Å². The maximum atomic E-state index is 13.1. The van der Waals surface area contributed by atoms with Crippen LogP contribution in [0.25, 0.3) is 22.6 Å². The summed E-state index contributed by atoms with van der Waals surface area (Å²) < 4.78 is 29.2. The molecule has 1 aromatic carbocycles. The minimum Gasteiger partial charge on any atom is -0.492 e. The van der Waals surface area contributed by atoms with Gasteiger partial charge in [0.05, 0.1) is 29.5 Å². The summed E-state index contributed by atoms with van der Waals surface area (Å²) >= 11 is 0. The molecule has 8 heteroatoms. The van der Waals surface area contributed by atoms with Gasteiger partial charge in [-0.15, -0.1) is 0 Å². The quantitative estimate of drug-likeness (QED) is 0.489. The van der Waals surface area contributed by atoms with Crippen LogP contribution in [-0.4, -0.2) is 41.1 Å². The third kappa shape index (κ3) is 3.82. The van der Waals surface area contributed by atoms with E-state index in [1.807, 2.05) is 0 Å². The van der Waals surface area contributed by atoms with Crippen LogP contribution in [0.15, 0.2) is 57.7 Å². The van der Waals surface area contributed by atoms with Gasteiger partial charge in [0, 0.05) is 7.05 Å². The van der Waals surface area contributed by atoms with Crippen LogP contribution >= 0.6 is 0 Å². The molecular formula is C21H18FN3O4. The van der Waals surface area contributed by atoms with Crippen LogP contribution < -0.4 is 4.74 Å². The van der Waals surface area contributed by atoms with Crippen molar-refractivity contribution in [3.63, 3.8) is 0 Å². The van der Waals surface area contributed by atoms with Crippen molar-refractivity contribution in [1.29, 1.82) is 0 Å². The van der Waals surface area contributed by atoms with Crippen molar-refractivity contribution >= 4 is 17.0 Å². The predicted molar refractivity (Wildman–Crippen MR) is 103 cm³/mol. The number of hydrogen-bond donors (Lipinski definition) is 0. The van der Waals surface area contributed by atoms with Crippen molar-refractivity contribution in [3.05, 3.63) is 65.8 Å². The number of aryl methyl sites for hydroxylation is 1. The molecule has 7 nitrogen and oxygen atoms in total. The van der Waals surface area contributed by atoms with Crippen LogP contribution in [0.1, 0.15) is 16.1 Å². The second-order valence-corrected chi connectivity index (χ2v) is 6.51. The summed E-state index contributed by atoms with van der Waals surface area (Å²) in [6.45, 7) is 2.35. The Morgan fingerprint density at radius 3 is 2.76 bits per heavy atom. The van der Waals surface area contributed by atoms with Gasteiger partial charge in [0.2, 0.25) is 0 Å². The Morgan fingerprint density at radius 1 is 1.24 bits per heavy atom. The molecule has 0 aliphatic rings. The number of ether oxygens (including phenoxy) is 1. The van der Waals surface area contributed by atoms with Gasteiger partial charge >= 0.3 is 0 Å². The molecular weight excluding hydrogens is 377 g/mol. The number of hydrogen-bond acceptors (Lipinski definition) is 6. The van der Waals surface area contributed by atoms with E-state index < -0.39 is 0 Å². The Balaban J connectivity index is 1.55. The number of rotatable bonds is 6. The minimum absolute atomic E-state index is 0.223. The molecule has 0 saturated carbocycles. The molecule has 0 radical (unpaired) electrons. The molecule has 0 unspecified atom stereocenters. The first-order chi connectivity index (χ1) is 14.0. The predicted octanol–water partition coefficient (Wildman–Crippen LogP) is 4.08. The van der Waals surface area contributed by atoms with E-state index in [9.17, 15) is 9.18 Å². The number of halogens is 1. The van der Waals surface area contributed by atoms with Crippen molar-refractivity contribution in [2.24, 2.45) is 0 Å². The van der Waals surface area contributed by atoms with Gasteiger partial charge in [-0.25, -0.2) is 9.37 Å². The second kappa shape index (κ2) is 7.75. The van der Waals surface area contributed by atoms with E-state index >= 15 is 0 Å². The van der Waals surface area contributed by atoms with Crippen molar-refractivity contribution in [2.75, 3.05) is 20.2 Å². The number of fused-ring (bicyclic) bond motifs is 1. The van der Waals surface area contributed by atoms with Crippen molar-refractivity contribution < 1.29 is 22.9 Å². The normalized spacial score (nSPS) is 11.0. The number of likely N-dealkylation sites (N-methyl/N-ethyl adjacent to an activating group) is 1. The lowest BCUT2D eigenvalue weighted by Crippen LogP contribution is -2.31. The van der Waals surface area contributed by atoms with Gasteiger partial charge < -0.3 is 18.6 Å². The zero-order valence-corrected chi connectivity index (χ0v) is 15.9. The third-order valence-electron chi connectivity index (χ3n) is 4.48. The highest BCUT2D eigenvalue weighted by molar-refractivity contribution is 6.06. The topological polar surface area (TPSA) is 81.6 Å². The van der Waals surface area contributed by atoms with Gasteiger partial charge in [0.15, 0.2) is 5.76 Å². The fraction of sp³-hybridized carbons (Fsp3) is 0.190. The molecule has 29 heavy (non-hydrogen) atoms. The van der Waals surface area contributed by atoms with E-state index in [-0.39, 0.29) is 24.0 Å². The lowest BCUT2D eigenvalue weighted by molar-refractivity contribution is 0.0775. The lowest BCUT2D eigenvalue weighted by atomic mass is 10.1. The molecule has 4 rings (SSSR count). The maximum absolute atomic E-state index is 13.1. The van der Waals surface area contributed by atoms with Gasteiger partial charge in [-0.05, 0) is 49.4 Å². The number of benzene rings is 1. The number of carbonyl (C=O) groups excluding carboxylic acids is 1. The monoisotopic (exact) mass is 395 g/mol. The van der Waals surface area contributed by atoms with E-state index in [0.717, 1.165) is 0 Å². The highest BCUT2D eigenvalue weighted by atomic mass is 19.1. The Kier molecular flexibility index (Phi) is 4.99. The number of nitrogens with zero attached hydrogens (tertiary/aromatic N) is 3. The lowest BCUT2D eigenvalue weighted by Gasteiger charge is -2.18. The summed E-state index contributed by atoms with van der Waals surface area (Å²) in [5.41, 5.74) is 1.76. The molecule has 1 amide bonds. The molecule has 0 atom stereocenters. The molecule has 0 saturated heterocycles. The highest BCUT2D eigenvalue weighted by Gasteiger charge is 2.22. The van der Waals surface area contributed by atoms with Crippen molar-refractivity contribution in [2.45, 2.75) is 6.92 Å². The molecule has 0 spiro atoms. The first-order valence-electron chi connectivity index (χ1n) is 8.97. The molecule has 4 aromatic rings. The first kappa shape index (κ1) is 18.7. The Hall–Kier alpha value is -3.68. The van der Waals surface area contributed by atoms with E-state index in [1.54, 1.807) is 44.3 Å². The van der Waals surface area contributed by atoms with E-state index in [4.69, 9.17) is 13.7 Å². The second-order valence-electron chi connectivity index (χ2n) is 6.51. The zero-order chi connectivity index (χ0) is 20.4. The highest BCUT2D eigenvalue weighted by Crippen LogP contribution is 2.28. The van der Waals surface area contributed by atoms with Crippen LogP contribution in [0.2, 0.25) is 0 Å². The van der Waals surface area contributed by atoms with Crippen LogP contribution in [0.3, 0.4) is 0 Å². The Morgan fingerprint density at radius 2 is 2.03 bits per heavy atom. The van der Waals surface area contributed by atoms with Crippen LogP contribution in [0, 0.1) is 12.7 Å². The zero-order valence-electron chi connectivity index (χ0n) is 15.9. The first-order valence-corrected chi connectivity index (χ1v) is 8.97. The standard InChI is InChI=1S/C21H18FN3O4/c1-13-19-16(12-17(18-4-3-10-28-18)23-20(19)29-24-13)21(26)25(2)9-11-27-15-7-5-14(22)6-8-15/h3-8,10,12H,9,11H2,1-2H3. The fourth-order valence-electron chi connectivity index (χ4n) is 2.95. The number of carbonyl (C=O) groups is 1. The Labute approximate surface area is 165 Å². The summed E-state index contributed by atoms with van der Waals surface area (Å²) in [6.07, 6.45) is 1.53. The van der Waals surface area contributed by atoms with E-state index in [2.05, 4.69) is 10.1 Å². The average molecular weight is 395 g/mol. The molecule has 0 bridgehead atoms. The molecule has 3 aromatic heterocycles. The summed E-state index contributed by atoms with van der Waals surface area (Å²) in [7, 11) is 1.68. The average Bonchev–Trinajstić information content (AvgIpc) is 3.38. The molecule has 3 heterocycles. The number of furan rings is 1. The minimum atomic E-state index is -0.331. The molecule has 0 aliphatic heterocycles. The largest absolute Gasteiger partial charge is 0.492 e. The fourth-order valence-corrected chi connectivity index (χ4v) is 2.95. The summed E-state index contributed by atoms with van der Waals surface area (Å²) in [5, 5.41) is 4.50. The van der Waals surface area contributed by atoms with E-state index in [1.165, 1.54) is 23.3 Å². The van der Waals surface area contributed by atoms with Crippen LogP contribution in [-0.2, 0) is 0 Å². The SMILES string of the molecule is Cc1noc2nc(-c3ccco3)cc(C(=O)N(C)CCOc3ccc(F)cc3)c12. The van der Waals surface area contributed by atoms with Crippen LogP contribution in [0.4, 0.5) is 4.39 Å². The summed E-state index contributed by atoms with van der Waals surface area (Å²) in [5.74, 6) is 0.507. The maximum Gasteiger partial charge on any atom is 0.259 e. The smallest absolute Gasteiger partial charge is 0.259 e. The van der Waals surface area contributed by atoms with Crippen LogP contribution in [0.5, 0.6) is 5.75 Å². The Bertz CT molecular complexity index is 1140. The van der Waals surface area contributed by atoms with Gasteiger partial charge in [-0.3, -0.25) is 4.79 Å². The third-order valence-corrected chi connectivity index (χ3v) is 4.48. The molecule has 0 fully saturated rings. The van der Waals surface area contributed by atoms with Gasteiger partial charge in [-0.1, -0.05) is 5.16 Å². The number of amides is 1. The van der Waals surface area contributed by atoms with E-state index in [0.29, 0.717) is 40.4 Å². The summed E-state index contributed by atoms with van der Waals surface area (Å²) in [4.78, 5) is 19.0.